The standard InChI is InChI=1S/C22H17NO2/c1-3-9-17(10-4-1)16-24-20-14-8-7-13-19(20)21-15-23-22(25-21)18-11-5-2-6-12-18/h1-15H,16H2. The van der Waals surface area contributed by atoms with Crippen LogP contribution in [-0.2, 0) is 6.61 Å². The van der Waals surface area contributed by atoms with E-state index >= 15 is 0 Å². The minimum atomic E-state index is 0.511. The van der Waals surface area contributed by atoms with Crippen LogP contribution < -0.4 is 4.74 Å². The first kappa shape index (κ1) is 15.2. The molecule has 1 aromatic heterocycles. The van der Waals surface area contributed by atoms with Gasteiger partial charge in [0.25, 0.3) is 0 Å². The Kier molecular flexibility index (Phi) is 4.29. The Morgan fingerprint density at radius 3 is 2.24 bits per heavy atom. The van der Waals surface area contributed by atoms with Gasteiger partial charge in [0.05, 0.1) is 11.8 Å². The Bertz CT molecular complexity index is 946. The summed E-state index contributed by atoms with van der Waals surface area (Å²) in [6, 6.07) is 27.8. The number of hydrogen-bond donors (Lipinski definition) is 0. The molecule has 0 aliphatic heterocycles. The van der Waals surface area contributed by atoms with E-state index in [1.807, 2.05) is 84.9 Å². The fourth-order valence-electron chi connectivity index (χ4n) is 2.64. The highest BCUT2D eigenvalue weighted by molar-refractivity contribution is 5.67. The second-order valence-electron chi connectivity index (χ2n) is 5.67. The molecule has 122 valence electrons. The van der Waals surface area contributed by atoms with Gasteiger partial charge in [-0.2, -0.15) is 0 Å². The zero-order valence-electron chi connectivity index (χ0n) is 13.6. The molecule has 0 saturated heterocycles. The highest BCUT2D eigenvalue weighted by atomic mass is 16.5. The Morgan fingerprint density at radius 2 is 1.44 bits per heavy atom. The van der Waals surface area contributed by atoms with Crippen LogP contribution in [0.4, 0.5) is 0 Å². The highest BCUT2D eigenvalue weighted by Crippen LogP contribution is 2.33. The molecule has 3 heteroatoms. The Hall–Kier alpha value is -3.33. The lowest BCUT2D eigenvalue weighted by atomic mass is 10.1. The maximum absolute atomic E-state index is 6.00. The smallest absolute Gasteiger partial charge is 0.226 e. The quantitative estimate of drug-likeness (QED) is 0.479. The highest BCUT2D eigenvalue weighted by Gasteiger charge is 2.12. The summed E-state index contributed by atoms with van der Waals surface area (Å²) in [6.45, 7) is 0.511. The zero-order chi connectivity index (χ0) is 16.9. The molecule has 0 fully saturated rings. The number of nitrogens with zero attached hydrogens (tertiary/aromatic N) is 1. The lowest BCUT2D eigenvalue weighted by Gasteiger charge is -2.09. The monoisotopic (exact) mass is 327 g/mol. The fourth-order valence-corrected chi connectivity index (χ4v) is 2.64. The molecule has 0 radical (unpaired) electrons. The van der Waals surface area contributed by atoms with Gasteiger partial charge >= 0.3 is 0 Å². The van der Waals surface area contributed by atoms with E-state index in [0.717, 1.165) is 22.4 Å². The van der Waals surface area contributed by atoms with Crippen LogP contribution in [-0.4, -0.2) is 4.98 Å². The van der Waals surface area contributed by atoms with Gasteiger partial charge in [0.2, 0.25) is 5.89 Å². The predicted molar refractivity (Wildman–Crippen MR) is 98.1 cm³/mol. The molecule has 0 unspecified atom stereocenters. The first-order valence-corrected chi connectivity index (χ1v) is 8.17. The molecule has 4 aromatic rings. The maximum atomic E-state index is 6.00. The van der Waals surface area contributed by atoms with Crippen LogP contribution in [0.3, 0.4) is 0 Å². The summed E-state index contributed by atoms with van der Waals surface area (Å²) in [5.74, 6) is 2.08. The second-order valence-corrected chi connectivity index (χ2v) is 5.67. The second kappa shape index (κ2) is 7.05. The average molecular weight is 327 g/mol. The van der Waals surface area contributed by atoms with Crippen LogP contribution in [0.5, 0.6) is 5.75 Å². The van der Waals surface area contributed by atoms with E-state index in [9.17, 15) is 0 Å². The number of aromatic nitrogens is 1. The van der Waals surface area contributed by atoms with Crippen molar-refractivity contribution in [2.24, 2.45) is 0 Å². The van der Waals surface area contributed by atoms with Gasteiger partial charge in [-0.3, -0.25) is 0 Å². The van der Waals surface area contributed by atoms with Crippen LogP contribution in [0.1, 0.15) is 5.56 Å². The zero-order valence-corrected chi connectivity index (χ0v) is 13.6. The Labute approximate surface area is 146 Å². The van der Waals surface area contributed by atoms with Crippen LogP contribution in [0, 0.1) is 0 Å². The Morgan fingerprint density at radius 1 is 0.760 bits per heavy atom. The van der Waals surface area contributed by atoms with Gasteiger partial charge < -0.3 is 9.15 Å². The van der Waals surface area contributed by atoms with E-state index < -0.39 is 0 Å². The molecule has 0 bridgehead atoms. The van der Waals surface area contributed by atoms with Crippen molar-refractivity contribution in [1.82, 2.24) is 4.98 Å². The average Bonchev–Trinajstić information content (AvgIpc) is 3.18. The van der Waals surface area contributed by atoms with E-state index in [2.05, 4.69) is 4.98 Å². The van der Waals surface area contributed by atoms with Gasteiger partial charge in [-0.05, 0) is 29.8 Å². The number of benzene rings is 3. The molecule has 3 aromatic carbocycles. The van der Waals surface area contributed by atoms with Gasteiger partial charge in [0.15, 0.2) is 5.76 Å². The molecule has 1 heterocycles. The summed E-state index contributed by atoms with van der Waals surface area (Å²) in [5.41, 5.74) is 2.98. The third-order valence-electron chi connectivity index (χ3n) is 3.92. The van der Waals surface area contributed by atoms with Gasteiger partial charge in [0.1, 0.15) is 12.4 Å². The maximum Gasteiger partial charge on any atom is 0.226 e. The van der Waals surface area contributed by atoms with Crippen LogP contribution in [0.15, 0.2) is 95.5 Å². The third-order valence-corrected chi connectivity index (χ3v) is 3.92. The van der Waals surface area contributed by atoms with E-state index in [-0.39, 0.29) is 0 Å². The summed E-state index contributed by atoms with van der Waals surface area (Å²) in [5, 5.41) is 0. The molecular formula is C22H17NO2. The predicted octanol–water partition coefficient (Wildman–Crippen LogP) is 5.59. The SMILES string of the molecule is c1ccc(COc2ccccc2-c2cnc(-c3ccccc3)o2)cc1. The van der Waals surface area contributed by atoms with Crippen LogP contribution >= 0.6 is 0 Å². The largest absolute Gasteiger partial charge is 0.488 e. The van der Waals surface area contributed by atoms with Crippen molar-refractivity contribution in [2.45, 2.75) is 6.61 Å². The van der Waals surface area contributed by atoms with Crippen molar-refractivity contribution in [3.63, 3.8) is 0 Å². The van der Waals surface area contributed by atoms with Gasteiger partial charge in [0, 0.05) is 5.56 Å². The molecule has 4 rings (SSSR count). The third kappa shape index (κ3) is 3.45. The number of ether oxygens (including phenoxy) is 1. The molecule has 0 aliphatic rings. The molecule has 0 aliphatic carbocycles. The van der Waals surface area contributed by atoms with Crippen LogP contribution in [0.2, 0.25) is 0 Å². The minimum Gasteiger partial charge on any atom is -0.488 e. The fraction of sp³-hybridized carbons (Fsp3) is 0.0455. The lowest BCUT2D eigenvalue weighted by molar-refractivity contribution is 0.307. The first-order chi connectivity index (χ1) is 12.4. The molecular weight excluding hydrogens is 310 g/mol. The molecule has 0 atom stereocenters. The van der Waals surface area contributed by atoms with Gasteiger partial charge in [-0.15, -0.1) is 0 Å². The summed E-state index contributed by atoms with van der Waals surface area (Å²) < 4.78 is 12.0. The lowest BCUT2D eigenvalue weighted by Crippen LogP contribution is -1.96. The van der Waals surface area contributed by atoms with E-state index in [4.69, 9.17) is 9.15 Å². The van der Waals surface area contributed by atoms with Crippen molar-refractivity contribution in [3.8, 4) is 28.5 Å². The van der Waals surface area contributed by atoms with E-state index in [0.29, 0.717) is 18.3 Å². The van der Waals surface area contributed by atoms with Crippen molar-refractivity contribution < 1.29 is 9.15 Å². The molecule has 0 saturated carbocycles. The van der Waals surface area contributed by atoms with E-state index in [1.54, 1.807) is 6.20 Å². The molecule has 0 N–H and O–H groups in total. The first-order valence-electron chi connectivity index (χ1n) is 8.17. The molecule has 0 amide bonds. The van der Waals surface area contributed by atoms with Crippen molar-refractivity contribution in [1.29, 1.82) is 0 Å². The number of para-hydroxylation sites is 1. The number of oxazole rings is 1. The molecule has 25 heavy (non-hydrogen) atoms. The number of hydrogen-bond acceptors (Lipinski definition) is 3. The topological polar surface area (TPSA) is 35.3 Å². The van der Waals surface area contributed by atoms with E-state index in [1.165, 1.54) is 0 Å². The van der Waals surface area contributed by atoms with Gasteiger partial charge in [-0.25, -0.2) is 4.98 Å². The minimum absolute atomic E-state index is 0.511. The molecule has 3 nitrogen and oxygen atoms in total. The summed E-state index contributed by atoms with van der Waals surface area (Å²) in [7, 11) is 0. The Balaban J connectivity index is 1.60. The summed E-state index contributed by atoms with van der Waals surface area (Å²) in [6.07, 6.45) is 1.74. The van der Waals surface area contributed by atoms with Gasteiger partial charge in [-0.1, -0.05) is 60.7 Å². The normalized spacial score (nSPS) is 10.6. The summed E-state index contributed by atoms with van der Waals surface area (Å²) in [4.78, 5) is 4.40. The number of rotatable bonds is 5. The van der Waals surface area contributed by atoms with Crippen LogP contribution in [0.25, 0.3) is 22.8 Å². The van der Waals surface area contributed by atoms with Crippen molar-refractivity contribution in [3.05, 3.63) is 96.7 Å². The molecule has 0 spiro atoms. The van der Waals surface area contributed by atoms with Crippen molar-refractivity contribution in [2.75, 3.05) is 0 Å². The summed E-state index contributed by atoms with van der Waals surface area (Å²) >= 11 is 0. The van der Waals surface area contributed by atoms with Crippen molar-refractivity contribution >= 4 is 0 Å².